The van der Waals surface area contributed by atoms with Gasteiger partial charge in [-0.05, 0) is 18.6 Å². The van der Waals surface area contributed by atoms with Crippen LogP contribution in [0.1, 0.15) is 36.5 Å². The van der Waals surface area contributed by atoms with Crippen molar-refractivity contribution in [1.29, 1.82) is 0 Å². The number of hydrogen-bond donors (Lipinski definition) is 0. The first kappa shape index (κ1) is 13.2. The molecule has 0 amide bonds. The van der Waals surface area contributed by atoms with Crippen LogP contribution in [0.2, 0.25) is 0 Å². The molecule has 1 heterocycles. The van der Waals surface area contributed by atoms with E-state index < -0.39 is 0 Å². The van der Waals surface area contributed by atoms with Gasteiger partial charge in [0, 0.05) is 18.3 Å². The monoisotopic (exact) mass is 274 g/mol. The zero-order valence-corrected chi connectivity index (χ0v) is 11.5. The van der Waals surface area contributed by atoms with Gasteiger partial charge < -0.3 is 9.47 Å². The lowest BCUT2D eigenvalue weighted by molar-refractivity contribution is -0.141. The van der Waals surface area contributed by atoms with Gasteiger partial charge in [0.2, 0.25) is 0 Å². The first-order chi connectivity index (χ1) is 9.69. The second-order valence-electron chi connectivity index (χ2n) is 5.51. The zero-order valence-electron chi connectivity index (χ0n) is 11.5. The van der Waals surface area contributed by atoms with Crippen molar-refractivity contribution < 1.29 is 19.1 Å². The van der Waals surface area contributed by atoms with E-state index in [0.29, 0.717) is 18.4 Å². The minimum absolute atomic E-state index is 0.0685. The van der Waals surface area contributed by atoms with Gasteiger partial charge in [-0.25, -0.2) is 4.79 Å². The fraction of sp³-hybridized carbons (Fsp3) is 0.500. The standard InChI is InChI=1S/C16H18O4/c1-2-11-12-8-15(17)19-14(12)9-13(11)20-16(18)10-6-4-3-5-7-10/h3-7,11-14H,2,8-9H2,1H3/t11-,12-,13-,14+/m1/s1. The van der Waals surface area contributed by atoms with E-state index in [1.165, 1.54) is 0 Å². The molecule has 0 radical (unpaired) electrons. The second-order valence-corrected chi connectivity index (χ2v) is 5.51. The lowest BCUT2D eigenvalue weighted by Crippen LogP contribution is -2.25. The topological polar surface area (TPSA) is 52.6 Å². The maximum atomic E-state index is 12.1. The van der Waals surface area contributed by atoms with Crippen LogP contribution in [0.25, 0.3) is 0 Å². The summed E-state index contributed by atoms with van der Waals surface area (Å²) in [6.45, 7) is 2.07. The van der Waals surface area contributed by atoms with Crippen molar-refractivity contribution in [2.24, 2.45) is 11.8 Å². The molecule has 1 aromatic carbocycles. The van der Waals surface area contributed by atoms with Crippen molar-refractivity contribution in [3.05, 3.63) is 35.9 Å². The molecule has 1 aliphatic heterocycles. The maximum Gasteiger partial charge on any atom is 0.338 e. The number of rotatable bonds is 3. The van der Waals surface area contributed by atoms with E-state index in [9.17, 15) is 9.59 Å². The van der Waals surface area contributed by atoms with Crippen LogP contribution in [0.4, 0.5) is 0 Å². The summed E-state index contributed by atoms with van der Waals surface area (Å²) in [5.74, 6) is 0.0202. The van der Waals surface area contributed by atoms with Crippen LogP contribution >= 0.6 is 0 Å². The molecule has 4 nitrogen and oxygen atoms in total. The summed E-state index contributed by atoms with van der Waals surface area (Å²) in [4.78, 5) is 23.5. The third-order valence-corrected chi connectivity index (χ3v) is 4.39. The number of carbonyl (C=O) groups is 2. The van der Waals surface area contributed by atoms with Crippen LogP contribution in [0, 0.1) is 11.8 Å². The molecule has 0 aromatic heterocycles. The van der Waals surface area contributed by atoms with Gasteiger partial charge in [0.25, 0.3) is 0 Å². The first-order valence-corrected chi connectivity index (χ1v) is 7.14. The fourth-order valence-electron chi connectivity index (χ4n) is 3.44. The molecule has 0 N–H and O–H groups in total. The fourth-order valence-corrected chi connectivity index (χ4v) is 3.44. The minimum atomic E-state index is -0.291. The lowest BCUT2D eigenvalue weighted by atomic mass is 9.90. The molecule has 1 aliphatic carbocycles. The highest BCUT2D eigenvalue weighted by atomic mass is 16.6. The van der Waals surface area contributed by atoms with E-state index in [1.54, 1.807) is 12.1 Å². The molecule has 106 valence electrons. The normalized spacial score (nSPS) is 31.8. The zero-order chi connectivity index (χ0) is 14.1. The van der Waals surface area contributed by atoms with Crippen LogP contribution in [0.15, 0.2) is 30.3 Å². The summed E-state index contributed by atoms with van der Waals surface area (Å²) in [5.41, 5.74) is 0.566. The van der Waals surface area contributed by atoms with Gasteiger partial charge >= 0.3 is 11.9 Å². The number of carbonyl (C=O) groups excluding carboxylic acids is 2. The third-order valence-electron chi connectivity index (χ3n) is 4.39. The molecule has 0 bridgehead atoms. The predicted molar refractivity (Wildman–Crippen MR) is 72.0 cm³/mol. The van der Waals surface area contributed by atoms with E-state index in [1.807, 2.05) is 18.2 Å². The van der Waals surface area contributed by atoms with Crippen molar-refractivity contribution in [3.8, 4) is 0 Å². The molecule has 2 aliphatic rings. The average Bonchev–Trinajstić information content (AvgIpc) is 2.95. The molecule has 0 spiro atoms. The van der Waals surface area contributed by atoms with Crippen LogP contribution in [-0.4, -0.2) is 24.1 Å². The van der Waals surface area contributed by atoms with Crippen molar-refractivity contribution >= 4 is 11.9 Å². The molecule has 2 fully saturated rings. The summed E-state index contributed by atoms with van der Waals surface area (Å²) in [6.07, 6.45) is 1.78. The summed E-state index contributed by atoms with van der Waals surface area (Å²) < 4.78 is 10.9. The average molecular weight is 274 g/mol. The molecular weight excluding hydrogens is 256 g/mol. The van der Waals surface area contributed by atoms with Crippen molar-refractivity contribution in [1.82, 2.24) is 0 Å². The summed E-state index contributed by atoms with van der Waals surface area (Å²) in [7, 11) is 0. The van der Waals surface area contributed by atoms with Gasteiger partial charge in [-0.15, -0.1) is 0 Å². The van der Waals surface area contributed by atoms with Gasteiger partial charge in [-0.2, -0.15) is 0 Å². The second kappa shape index (κ2) is 5.27. The summed E-state index contributed by atoms with van der Waals surface area (Å²) in [6, 6.07) is 9.00. The van der Waals surface area contributed by atoms with Gasteiger partial charge in [-0.3, -0.25) is 4.79 Å². The van der Waals surface area contributed by atoms with Crippen LogP contribution in [-0.2, 0) is 14.3 Å². The van der Waals surface area contributed by atoms with Gasteiger partial charge in [-0.1, -0.05) is 25.1 Å². The first-order valence-electron chi connectivity index (χ1n) is 7.14. The predicted octanol–water partition coefficient (Wildman–Crippen LogP) is 2.57. The summed E-state index contributed by atoms with van der Waals surface area (Å²) in [5, 5.41) is 0. The quantitative estimate of drug-likeness (QED) is 0.795. The minimum Gasteiger partial charge on any atom is -0.462 e. The van der Waals surface area contributed by atoms with Crippen LogP contribution in [0.3, 0.4) is 0 Å². The Morgan fingerprint density at radius 3 is 2.80 bits per heavy atom. The van der Waals surface area contributed by atoms with E-state index in [0.717, 1.165) is 6.42 Å². The van der Waals surface area contributed by atoms with Crippen LogP contribution < -0.4 is 0 Å². The van der Waals surface area contributed by atoms with E-state index >= 15 is 0 Å². The highest BCUT2D eigenvalue weighted by Crippen LogP contribution is 2.44. The van der Waals surface area contributed by atoms with E-state index in [2.05, 4.69) is 6.92 Å². The Morgan fingerprint density at radius 1 is 1.35 bits per heavy atom. The maximum absolute atomic E-state index is 12.1. The molecule has 1 aromatic rings. The smallest absolute Gasteiger partial charge is 0.338 e. The SMILES string of the molecule is CC[C@@H]1[C@H]2CC(=O)O[C@H]2C[C@H]1OC(=O)c1ccccc1. The number of fused-ring (bicyclic) bond motifs is 1. The van der Waals surface area contributed by atoms with Crippen molar-refractivity contribution in [2.75, 3.05) is 0 Å². The molecule has 20 heavy (non-hydrogen) atoms. The molecule has 3 rings (SSSR count). The molecule has 4 heteroatoms. The van der Waals surface area contributed by atoms with Crippen LogP contribution in [0.5, 0.6) is 0 Å². The highest BCUT2D eigenvalue weighted by Gasteiger charge is 2.50. The Labute approximate surface area is 118 Å². The van der Waals surface area contributed by atoms with Crippen molar-refractivity contribution in [3.63, 3.8) is 0 Å². The molecule has 0 unspecified atom stereocenters. The molecule has 1 saturated carbocycles. The number of hydrogen-bond acceptors (Lipinski definition) is 4. The largest absolute Gasteiger partial charge is 0.462 e. The summed E-state index contributed by atoms with van der Waals surface area (Å²) >= 11 is 0. The Hall–Kier alpha value is -1.84. The number of benzene rings is 1. The third kappa shape index (κ3) is 2.30. The number of ether oxygens (including phenoxy) is 2. The number of esters is 2. The Bertz CT molecular complexity index is 510. The molecule has 4 atom stereocenters. The Kier molecular flexibility index (Phi) is 3.47. The van der Waals surface area contributed by atoms with E-state index in [-0.39, 0.29) is 36.0 Å². The van der Waals surface area contributed by atoms with Gasteiger partial charge in [0.15, 0.2) is 0 Å². The lowest BCUT2D eigenvalue weighted by Gasteiger charge is -2.21. The van der Waals surface area contributed by atoms with Gasteiger partial charge in [0.05, 0.1) is 12.0 Å². The Morgan fingerprint density at radius 2 is 2.10 bits per heavy atom. The Balaban J connectivity index is 1.69. The van der Waals surface area contributed by atoms with Gasteiger partial charge in [0.1, 0.15) is 12.2 Å². The molecule has 1 saturated heterocycles. The molecular formula is C16H18O4. The van der Waals surface area contributed by atoms with Crippen molar-refractivity contribution in [2.45, 2.75) is 38.4 Å². The van der Waals surface area contributed by atoms with E-state index in [4.69, 9.17) is 9.47 Å². The highest BCUT2D eigenvalue weighted by molar-refractivity contribution is 5.89.